The number of carbonyl (C=O) groups is 4. The van der Waals surface area contributed by atoms with E-state index in [1.54, 1.807) is 118 Å². The predicted octanol–water partition coefficient (Wildman–Crippen LogP) is 6.99. The van der Waals surface area contributed by atoms with Gasteiger partial charge in [-0.2, -0.15) is 0 Å². The van der Waals surface area contributed by atoms with Crippen molar-refractivity contribution in [1.29, 1.82) is 0 Å². The van der Waals surface area contributed by atoms with Gasteiger partial charge >= 0.3 is 23.9 Å². The van der Waals surface area contributed by atoms with Gasteiger partial charge in [0.05, 0.1) is 47.7 Å². The van der Waals surface area contributed by atoms with Gasteiger partial charge in [-0.05, 0) is 69.3 Å². The molecule has 0 aliphatic rings. The fourth-order valence-corrected chi connectivity index (χ4v) is 4.27. The smallest absolute Gasteiger partial charge is 0.338 e. The molecular formula is C40H44O10. The van der Waals surface area contributed by atoms with E-state index < -0.39 is 0 Å². The second kappa shape index (κ2) is 22.3. The summed E-state index contributed by atoms with van der Waals surface area (Å²) >= 11 is 0. The van der Waals surface area contributed by atoms with Crippen LogP contribution in [0.4, 0.5) is 0 Å². The normalized spacial score (nSPS) is 12.2. The average Bonchev–Trinajstić information content (AvgIpc) is 3.15. The van der Waals surface area contributed by atoms with E-state index in [4.69, 9.17) is 28.4 Å². The van der Waals surface area contributed by atoms with Crippen molar-refractivity contribution in [2.24, 2.45) is 0 Å². The zero-order valence-electron chi connectivity index (χ0n) is 28.6. The highest BCUT2D eigenvalue weighted by Gasteiger charge is 2.15. The summed E-state index contributed by atoms with van der Waals surface area (Å²) in [7, 11) is 0. The van der Waals surface area contributed by atoms with E-state index >= 15 is 0 Å². The highest BCUT2D eigenvalue weighted by atomic mass is 16.6. The zero-order valence-corrected chi connectivity index (χ0v) is 28.6. The molecule has 50 heavy (non-hydrogen) atoms. The molecule has 0 aliphatic heterocycles. The number of benzene rings is 4. The van der Waals surface area contributed by atoms with Gasteiger partial charge in [0.15, 0.2) is 0 Å². The molecule has 3 atom stereocenters. The third kappa shape index (κ3) is 15.3. The van der Waals surface area contributed by atoms with Crippen molar-refractivity contribution in [3.8, 4) is 0 Å². The fraction of sp³-hybridized carbons (Fsp3) is 0.300. The largest absolute Gasteiger partial charge is 0.462 e. The second-order valence-electron chi connectivity index (χ2n) is 11.2. The molecule has 0 saturated heterocycles. The summed E-state index contributed by atoms with van der Waals surface area (Å²) < 4.78 is 32.0. The molecule has 0 amide bonds. The first-order chi connectivity index (χ1) is 24.2. The van der Waals surface area contributed by atoms with E-state index in [0.717, 1.165) is 0 Å². The minimum absolute atomic E-state index is 0.130. The van der Waals surface area contributed by atoms with E-state index in [1.807, 2.05) is 24.3 Å². The van der Waals surface area contributed by atoms with Crippen LogP contribution in [-0.2, 0) is 28.4 Å². The second-order valence-corrected chi connectivity index (χ2v) is 11.2. The van der Waals surface area contributed by atoms with Crippen LogP contribution in [0.3, 0.4) is 0 Å². The molecule has 10 heteroatoms. The van der Waals surface area contributed by atoms with Gasteiger partial charge in [-0.25, -0.2) is 19.2 Å². The van der Waals surface area contributed by atoms with Crippen LogP contribution in [0.15, 0.2) is 121 Å². The lowest BCUT2D eigenvalue weighted by atomic mass is 10.2. The summed E-state index contributed by atoms with van der Waals surface area (Å²) in [6, 6.07) is 35.2. The summed E-state index contributed by atoms with van der Waals surface area (Å²) in [5.41, 5.74) is 2.05. The van der Waals surface area contributed by atoms with Crippen LogP contribution in [0.25, 0.3) is 0 Å². The molecule has 3 unspecified atom stereocenters. The van der Waals surface area contributed by atoms with Gasteiger partial charge in [0.1, 0.15) is 19.3 Å². The Morgan fingerprint density at radius 3 is 1.20 bits per heavy atom. The first kappa shape index (κ1) is 39.1. The Balaban J connectivity index is 0.000000270. The van der Waals surface area contributed by atoms with E-state index in [0.29, 0.717) is 41.9 Å². The third-order valence-corrected chi connectivity index (χ3v) is 6.73. The molecule has 0 bridgehead atoms. The van der Waals surface area contributed by atoms with Crippen molar-refractivity contribution in [3.05, 3.63) is 144 Å². The summed E-state index contributed by atoms with van der Waals surface area (Å²) in [5, 5.41) is 0. The summed E-state index contributed by atoms with van der Waals surface area (Å²) in [6.07, 6.45) is -0.381. The molecule has 0 aromatic heterocycles. The van der Waals surface area contributed by atoms with E-state index in [9.17, 15) is 19.2 Å². The van der Waals surface area contributed by atoms with Crippen LogP contribution < -0.4 is 0 Å². The van der Waals surface area contributed by atoms with Gasteiger partial charge < -0.3 is 28.4 Å². The molecule has 0 radical (unpaired) electrons. The number of carbonyl (C=O) groups excluding carboxylic acids is 4. The van der Waals surface area contributed by atoms with Gasteiger partial charge in [0.25, 0.3) is 0 Å². The quantitative estimate of drug-likeness (QED) is 0.0653. The van der Waals surface area contributed by atoms with Gasteiger partial charge in [-0.15, -0.1) is 0 Å². The minimum Gasteiger partial charge on any atom is -0.462 e. The summed E-state index contributed by atoms with van der Waals surface area (Å²) in [5.74, 6) is -1.49. The monoisotopic (exact) mass is 684 g/mol. The third-order valence-electron chi connectivity index (χ3n) is 6.73. The van der Waals surface area contributed by atoms with Crippen molar-refractivity contribution in [2.75, 3.05) is 33.0 Å². The molecule has 4 rings (SSSR count). The van der Waals surface area contributed by atoms with Crippen LogP contribution in [0.1, 0.15) is 68.6 Å². The van der Waals surface area contributed by atoms with Crippen LogP contribution in [0.5, 0.6) is 0 Å². The Hall–Kier alpha value is -5.32. The first-order valence-electron chi connectivity index (χ1n) is 16.4. The SMILES string of the molecule is CC(COC(=O)c1ccccc1)OC(C)COC(=O)c1ccccc1.CC(COCCCOC(=O)c1ccccc1)OC(=O)c1ccccc1. The lowest BCUT2D eigenvalue weighted by Crippen LogP contribution is -2.27. The van der Waals surface area contributed by atoms with Crippen molar-refractivity contribution in [2.45, 2.75) is 45.5 Å². The predicted molar refractivity (Wildman–Crippen MR) is 187 cm³/mol. The summed E-state index contributed by atoms with van der Waals surface area (Å²) in [6.45, 7) is 6.64. The highest BCUT2D eigenvalue weighted by Crippen LogP contribution is 2.08. The molecule has 0 spiro atoms. The molecule has 0 heterocycles. The van der Waals surface area contributed by atoms with Crippen LogP contribution in [-0.4, -0.2) is 75.2 Å². The van der Waals surface area contributed by atoms with Gasteiger partial charge in [-0.1, -0.05) is 72.8 Å². The maximum absolute atomic E-state index is 11.9. The number of hydrogen-bond donors (Lipinski definition) is 0. The molecule has 4 aromatic carbocycles. The summed E-state index contributed by atoms with van der Waals surface area (Å²) in [4.78, 5) is 47.3. The first-order valence-corrected chi connectivity index (χ1v) is 16.4. The number of esters is 4. The van der Waals surface area contributed by atoms with Gasteiger partial charge in [-0.3, -0.25) is 0 Å². The van der Waals surface area contributed by atoms with Crippen LogP contribution in [0, 0.1) is 0 Å². The maximum atomic E-state index is 11.9. The molecule has 10 nitrogen and oxygen atoms in total. The Labute approximate surface area is 293 Å². The van der Waals surface area contributed by atoms with E-state index in [2.05, 4.69) is 0 Å². The number of ether oxygens (including phenoxy) is 6. The maximum Gasteiger partial charge on any atom is 0.338 e. The minimum atomic E-state index is -0.390. The number of rotatable bonds is 17. The van der Waals surface area contributed by atoms with Crippen LogP contribution in [0.2, 0.25) is 0 Å². The lowest BCUT2D eigenvalue weighted by Gasteiger charge is -2.19. The van der Waals surface area contributed by atoms with Crippen molar-refractivity contribution < 1.29 is 47.6 Å². The Bertz CT molecular complexity index is 1500. The molecule has 4 aromatic rings. The standard InChI is InChI=1S/2C20H22O5/c1-15(13-23-19(21)17-9-5-3-6-10-17)25-16(2)14-24-20(22)18-11-7-4-8-12-18;1-16(25-20(22)18-11-6-3-7-12-18)15-23-13-8-14-24-19(21)17-9-4-2-5-10-17/h3-12,15-16H,13-14H2,1-2H3;2-7,9-12,16H,8,13-15H2,1H3. The Kier molecular flexibility index (Phi) is 17.5. The lowest BCUT2D eigenvalue weighted by molar-refractivity contribution is -0.0546. The fourth-order valence-electron chi connectivity index (χ4n) is 4.27. The Morgan fingerprint density at radius 1 is 0.440 bits per heavy atom. The van der Waals surface area contributed by atoms with Crippen molar-refractivity contribution >= 4 is 23.9 Å². The molecule has 0 aliphatic carbocycles. The molecular weight excluding hydrogens is 640 g/mol. The average molecular weight is 685 g/mol. The van der Waals surface area contributed by atoms with Gasteiger partial charge in [0, 0.05) is 13.0 Å². The topological polar surface area (TPSA) is 124 Å². The molecule has 0 fully saturated rings. The molecule has 0 N–H and O–H groups in total. The van der Waals surface area contributed by atoms with Crippen LogP contribution >= 0.6 is 0 Å². The zero-order chi connectivity index (χ0) is 36.0. The van der Waals surface area contributed by atoms with E-state index in [1.165, 1.54) is 0 Å². The van der Waals surface area contributed by atoms with Crippen molar-refractivity contribution in [1.82, 2.24) is 0 Å². The number of hydrogen-bond acceptors (Lipinski definition) is 10. The Morgan fingerprint density at radius 2 is 0.800 bits per heavy atom. The van der Waals surface area contributed by atoms with E-state index in [-0.39, 0.29) is 62.0 Å². The molecule has 264 valence electrons. The van der Waals surface area contributed by atoms with Gasteiger partial charge in [0.2, 0.25) is 0 Å². The molecule has 0 saturated carbocycles. The van der Waals surface area contributed by atoms with Crippen molar-refractivity contribution in [3.63, 3.8) is 0 Å². The highest BCUT2D eigenvalue weighted by molar-refractivity contribution is 5.90.